The quantitative estimate of drug-likeness (QED) is 0.632. The summed E-state index contributed by atoms with van der Waals surface area (Å²) in [6.45, 7) is 2.09. The molecule has 1 aromatic carbocycles. The van der Waals surface area contributed by atoms with E-state index in [-0.39, 0.29) is 17.7 Å². The predicted molar refractivity (Wildman–Crippen MR) is 117 cm³/mol. The molecule has 1 saturated heterocycles. The lowest BCUT2D eigenvalue weighted by Gasteiger charge is -2.32. The molecule has 30 heavy (non-hydrogen) atoms. The third kappa shape index (κ3) is 5.95. The number of piperidine rings is 1. The molecule has 1 aliphatic heterocycles. The molecule has 2 fully saturated rings. The predicted octanol–water partition coefficient (Wildman–Crippen LogP) is 2.38. The highest BCUT2D eigenvalue weighted by molar-refractivity contribution is 7.99. The summed E-state index contributed by atoms with van der Waals surface area (Å²) in [5, 5.41) is 15.3. The van der Waals surface area contributed by atoms with Gasteiger partial charge in [-0.3, -0.25) is 9.59 Å². The Hall–Kier alpha value is -2.61. The maximum absolute atomic E-state index is 12.4. The summed E-state index contributed by atoms with van der Waals surface area (Å²) < 4.78 is 0. The number of thioether (sulfide) groups is 1. The molecule has 4 rings (SSSR count). The van der Waals surface area contributed by atoms with Gasteiger partial charge in [0.1, 0.15) is 5.03 Å². The Labute approximate surface area is 181 Å². The second-order valence-electron chi connectivity index (χ2n) is 7.85. The van der Waals surface area contributed by atoms with Gasteiger partial charge in [0.05, 0.1) is 11.7 Å². The first-order valence-corrected chi connectivity index (χ1v) is 11.5. The van der Waals surface area contributed by atoms with E-state index in [4.69, 9.17) is 0 Å². The van der Waals surface area contributed by atoms with Gasteiger partial charge in [-0.15, -0.1) is 10.2 Å². The topological polar surface area (TPSA) is 87.2 Å². The van der Waals surface area contributed by atoms with Crippen LogP contribution in [0.4, 0.5) is 5.82 Å². The average molecular weight is 426 g/mol. The molecule has 2 heterocycles. The van der Waals surface area contributed by atoms with Crippen LogP contribution in [-0.4, -0.2) is 46.9 Å². The van der Waals surface area contributed by atoms with Crippen molar-refractivity contribution < 1.29 is 9.59 Å². The maximum atomic E-state index is 12.4. The molecular formula is C22H27N5O2S. The molecular weight excluding hydrogens is 398 g/mol. The zero-order valence-electron chi connectivity index (χ0n) is 16.9. The molecule has 1 aliphatic carbocycles. The Morgan fingerprint density at radius 2 is 1.90 bits per heavy atom. The number of hydrogen-bond acceptors (Lipinski definition) is 6. The number of aromatic nitrogens is 2. The number of anilines is 1. The van der Waals surface area contributed by atoms with Crippen LogP contribution in [0.1, 0.15) is 31.2 Å². The Morgan fingerprint density at radius 1 is 1.07 bits per heavy atom. The minimum absolute atomic E-state index is 0.0171. The molecule has 2 aliphatic rings. The van der Waals surface area contributed by atoms with Gasteiger partial charge in [0.25, 0.3) is 0 Å². The van der Waals surface area contributed by atoms with Crippen molar-refractivity contribution >= 4 is 29.4 Å². The average Bonchev–Trinajstić information content (AvgIpc) is 3.61. The van der Waals surface area contributed by atoms with E-state index in [1.54, 1.807) is 0 Å². The van der Waals surface area contributed by atoms with Crippen molar-refractivity contribution in [2.24, 2.45) is 5.92 Å². The number of nitrogens with one attached hydrogen (secondary N) is 2. The minimum atomic E-state index is -0.0322. The van der Waals surface area contributed by atoms with Gasteiger partial charge in [-0.05, 0) is 43.4 Å². The molecule has 1 unspecified atom stereocenters. The van der Waals surface area contributed by atoms with E-state index in [0.29, 0.717) is 29.9 Å². The third-order valence-corrected chi connectivity index (χ3v) is 6.27. The fourth-order valence-corrected chi connectivity index (χ4v) is 4.14. The van der Waals surface area contributed by atoms with Crippen molar-refractivity contribution in [1.82, 2.24) is 20.8 Å². The highest BCUT2D eigenvalue weighted by atomic mass is 32.2. The highest BCUT2D eigenvalue weighted by Crippen LogP contribution is 2.25. The smallest absolute Gasteiger partial charge is 0.230 e. The first kappa shape index (κ1) is 20.7. The van der Waals surface area contributed by atoms with Crippen LogP contribution < -0.4 is 15.5 Å². The van der Waals surface area contributed by atoms with E-state index in [0.717, 1.165) is 43.6 Å². The van der Waals surface area contributed by atoms with Crippen molar-refractivity contribution in [3.05, 3.63) is 48.0 Å². The summed E-state index contributed by atoms with van der Waals surface area (Å²) in [7, 11) is 0. The van der Waals surface area contributed by atoms with E-state index < -0.39 is 0 Å². The van der Waals surface area contributed by atoms with Gasteiger partial charge in [-0.25, -0.2) is 0 Å². The Morgan fingerprint density at radius 3 is 2.63 bits per heavy atom. The monoisotopic (exact) mass is 425 g/mol. The molecule has 2 N–H and O–H groups in total. The number of amides is 2. The van der Waals surface area contributed by atoms with Gasteiger partial charge in [-0.2, -0.15) is 0 Å². The molecule has 158 valence electrons. The third-order valence-electron chi connectivity index (χ3n) is 5.35. The molecule has 8 heteroatoms. The summed E-state index contributed by atoms with van der Waals surface area (Å²) in [6.07, 6.45) is 4.12. The van der Waals surface area contributed by atoms with Crippen LogP contribution in [0, 0.1) is 5.92 Å². The van der Waals surface area contributed by atoms with Crippen LogP contribution in [-0.2, 0) is 16.1 Å². The van der Waals surface area contributed by atoms with Gasteiger partial charge in [0.2, 0.25) is 11.8 Å². The lowest BCUT2D eigenvalue weighted by molar-refractivity contribution is -0.125. The maximum Gasteiger partial charge on any atom is 0.230 e. The lowest BCUT2D eigenvalue weighted by Crippen LogP contribution is -2.44. The Kier molecular flexibility index (Phi) is 6.84. The van der Waals surface area contributed by atoms with Crippen LogP contribution in [0.25, 0.3) is 0 Å². The summed E-state index contributed by atoms with van der Waals surface area (Å²) in [6, 6.07) is 14.1. The summed E-state index contributed by atoms with van der Waals surface area (Å²) in [5.41, 5.74) is 1.07. The Bertz CT molecular complexity index is 858. The molecule has 0 bridgehead atoms. The van der Waals surface area contributed by atoms with E-state index in [9.17, 15) is 9.59 Å². The second kappa shape index (κ2) is 9.93. The first-order valence-electron chi connectivity index (χ1n) is 10.5. The summed E-state index contributed by atoms with van der Waals surface area (Å²) in [4.78, 5) is 26.5. The number of hydrogen-bond donors (Lipinski definition) is 2. The van der Waals surface area contributed by atoms with E-state index in [2.05, 4.69) is 25.7 Å². The number of rotatable bonds is 8. The molecule has 1 atom stereocenters. The van der Waals surface area contributed by atoms with Crippen LogP contribution in [0.3, 0.4) is 0 Å². The fourth-order valence-electron chi connectivity index (χ4n) is 3.49. The normalized spacial score (nSPS) is 18.7. The van der Waals surface area contributed by atoms with Crippen LogP contribution >= 0.6 is 11.8 Å². The largest absolute Gasteiger partial charge is 0.354 e. The van der Waals surface area contributed by atoms with Gasteiger partial charge in [-0.1, -0.05) is 42.1 Å². The number of nitrogens with zero attached hydrogens (tertiary/aromatic N) is 3. The molecule has 0 radical (unpaired) electrons. The van der Waals surface area contributed by atoms with Gasteiger partial charge in [0.15, 0.2) is 5.82 Å². The molecule has 2 aromatic rings. The molecule has 1 aromatic heterocycles. The van der Waals surface area contributed by atoms with Crippen molar-refractivity contribution in [2.75, 3.05) is 23.7 Å². The molecule has 1 saturated carbocycles. The van der Waals surface area contributed by atoms with Crippen LogP contribution in [0.5, 0.6) is 0 Å². The Balaban J connectivity index is 1.23. The van der Waals surface area contributed by atoms with Crippen molar-refractivity contribution in [1.29, 1.82) is 0 Å². The molecule has 7 nitrogen and oxygen atoms in total. The summed E-state index contributed by atoms with van der Waals surface area (Å²) in [5.74, 6) is 1.24. The van der Waals surface area contributed by atoms with Gasteiger partial charge >= 0.3 is 0 Å². The van der Waals surface area contributed by atoms with Crippen LogP contribution in [0.2, 0.25) is 0 Å². The van der Waals surface area contributed by atoms with Crippen molar-refractivity contribution in [3.8, 4) is 0 Å². The van der Waals surface area contributed by atoms with E-state index in [1.807, 2.05) is 42.5 Å². The van der Waals surface area contributed by atoms with Crippen molar-refractivity contribution in [2.45, 2.75) is 43.3 Å². The van der Waals surface area contributed by atoms with Crippen LogP contribution in [0.15, 0.2) is 47.5 Å². The first-order chi connectivity index (χ1) is 14.7. The second-order valence-corrected chi connectivity index (χ2v) is 8.84. The van der Waals surface area contributed by atoms with E-state index >= 15 is 0 Å². The standard InChI is InChI=1S/C22H27N5O2S/c28-20(23-13-16-5-2-1-3-6-16)15-30-21-11-10-19(25-26-21)27-12-4-7-17(14-27)22(29)24-18-8-9-18/h1-3,5-6,10-11,17-18H,4,7-9,12-15H2,(H,23,28)(H,24,29). The highest BCUT2D eigenvalue weighted by Gasteiger charge is 2.30. The minimum Gasteiger partial charge on any atom is -0.354 e. The van der Waals surface area contributed by atoms with Gasteiger partial charge < -0.3 is 15.5 Å². The van der Waals surface area contributed by atoms with Gasteiger partial charge in [0, 0.05) is 25.7 Å². The zero-order valence-corrected chi connectivity index (χ0v) is 17.7. The molecule has 0 spiro atoms. The SMILES string of the molecule is O=C(CSc1ccc(N2CCCC(C(=O)NC3CC3)C2)nn1)NCc1ccccc1. The number of benzene rings is 1. The van der Waals surface area contributed by atoms with Crippen molar-refractivity contribution in [3.63, 3.8) is 0 Å². The summed E-state index contributed by atoms with van der Waals surface area (Å²) >= 11 is 1.37. The zero-order chi connectivity index (χ0) is 20.8. The van der Waals surface area contributed by atoms with E-state index in [1.165, 1.54) is 11.8 Å². The molecule has 2 amide bonds. The lowest BCUT2D eigenvalue weighted by atomic mass is 9.97. The number of carbonyl (C=O) groups is 2. The fraction of sp³-hybridized carbons (Fsp3) is 0.455. The number of carbonyl (C=O) groups excluding carboxylic acids is 2.